The molecule has 0 aromatic heterocycles. The minimum atomic E-state index is -3.17. The normalized spacial score (nSPS) is 11.4. The fourth-order valence-corrected chi connectivity index (χ4v) is 1.90. The Morgan fingerprint density at radius 3 is 2.44 bits per heavy atom. The largest absolute Gasteiger partial charge is 0.481 e. The van der Waals surface area contributed by atoms with Gasteiger partial charge >= 0.3 is 5.97 Å². The molecule has 0 aliphatic carbocycles. The quantitative estimate of drug-likeness (QED) is 0.811. The molecule has 5 heteroatoms. The number of aliphatic carboxylic acids is 1. The number of carbonyl (C=O) groups is 1. The van der Waals surface area contributed by atoms with Gasteiger partial charge in [0.2, 0.25) is 0 Å². The van der Waals surface area contributed by atoms with Gasteiger partial charge in [-0.1, -0.05) is 17.7 Å². The molecule has 0 atom stereocenters. The summed E-state index contributed by atoms with van der Waals surface area (Å²) in [6, 6.07) is 7.16. The lowest BCUT2D eigenvalue weighted by Gasteiger charge is -2.13. The molecule has 1 aromatic rings. The van der Waals surface area contributed by atoms with Gasteiger partial charge in [0, 0.05) is 4.90 Å². The van der Waals surface area contributed by atoms with Crippen LogP contribution in [0.3, 0.4) is 0 Å². The first-order valence-corrected chi connectivity index (χ1v) is 5.67. The van der Waals surface area contributed by atoms with Crippen LogP contribution in [0.5, 0.6) is 0 Å². The van der Waals surface area contributed by atoms with Crippen LogP contribution in [0.4, 0.5) is 8.78 Å². The predicted molar refractivity (Wildman–Crippen MR) is 59.1 cm³/mol. The van der Waals surface area contributed by atoms with Crippen molar-refractivity contribution in [1.29, 1.82) is 0 Å². The second kappa shape index (κ2) is 5.30. The second-order valence-corrected chi connectivity index (χ2v) is 4.58. The number of alkyl halides is 2. The maximum Gasteiger partial charge on any atom is 0.309 e. The van der Waals surface area contributed by atoms with Gasteiger partial charge in [0.05, 0.1) is 5.75 Å². The number of rotatable bonds is 5. The summed E-state index contributed by atoms with van der Waals surface area (Å²) < 4.78 is 26.1. The van der Waals surface area contributed by atoms with Gasteiger partial charge < -0.3 is 5.11 Å². The second-order valence-electron chi connectivity index (χ2n) is 3.53. The third-order valence-corrected chi connectivity index (χ3v) is 3.05. The molecule has 0 aliphatic heterocycles. The lowest BCUT2D eigenvalue weighted by Crippen LogP contribution is -2.23. The summed E-state index contributed by atoms with van der Waals surface area (Å²) in [4.78, 5) is 10.9. The molecule has 0 saturated heterocycles. The highest BCUT2D eigenvalue weighted by Gasteiger charge is 2.32. The van der Waals surface area contributed by atoms with Crippen molar-refractivity contribution >= 4 is 17.7 Å². The van der Waals surface area contributed by atoms with E-state index in [4.69, 9.17) is 5.11 Å². The molecule has 0 spiro atoms. The number of halogens is 2. The summed E-state index contributed by atoms with van der Waals surface area (Å²) in [6.07, 6.45) is -1.12. The summed E-state index contributed by atoms with van der Waals surface area (Å²) in [5, 5.41) is 8.29. The third-order valence-electron chi connectivity index (χ3n) is 1.88. The first-order chi connectivity index (χ1) is 7.39. The van der Waals surface area contributed by atoms with Gasteiger partial charge in [-0.15, -0.1) is 11.8 Å². The molecule has 1 N–H and O–H groups in total. The van der Waals surface area contributed by atoms with Crippen molar-refractivity contribution in [2.45, 2.75) is 24.2 Å². The van der Waals surface area contributed by atoms with Crippen LogP contribution in [0.2, 0.25) is 0 Å². The molecular formula is C11H12F2O2S. The van der Waals surface area contributed by atoms with E-state index in [9.17, 15) is 13.6 Å². The molecule has 0 radical (unpaired) electrons. The van der Waals surface area contributed by atoms with E-state index in [1.807, 2.05) is 19.1 Å². The highest BCUT2D eigenvalue weighted by molar-refractivity contribution is 7.99. The smallest absolute Gasteiger partial charge is 0.309 e. The number of benzene rings is 1. The Balaban J connectivity index is 2.50. The molecule has 0 aliphatic rings. The van der Waals surface area contributed by atoms with E-state index in [1.54, 1.807) is 12.1 Å². The van der Waals surface area contributed by atoms with Gasteiger partial charge in [0.15, 0.2) is 0 Å². The predicted octanol–water partition coefficient (Wildman–Crippen LogP) is 3.20. The highest BCUT2D eigenvalue weighted by atomic mass is 32.2. The van der Waals surface area contributed by atoms with Gasteiger partial charge in [-0.3, -0.25) is 4.79 Å². The number of hydrogen-bond acceptors (Lipinski definition) is 2. The van der Waals surface area contributed by atoms with Crippen molar-refractivity contribution in [2.24, 2.45) is 0 Å². The summed E-state index contributed by atoms with van der Waals surface area (Å²) in [5.74, 6) is -5.15. The van der Waals surface area contributed by atoms with Crippen LogP contribution in [0.1, 0.15) is 12.0 Å². The highest BCUT2D eigenvalue weighted by Crippen LogP contribution is 2.28. The Morgan fingerprint density at radius 1 is 1.38 bits per heavy atom. The molecule has 0 fully saturated rings. The van der Waals surface area contributed by atoms with Gasteiger partial charge in [0.1, 0.15) is 6.42 Å². The third kappa shape index (κ3) is 4.61. The van der Waals surface area contributed by atoms with E-state index in [0.29, 0.717) is 0 Å². The molecule has 0 saturated carbocycles. The van der Waals surface area contributed by atoms with Crippen molar-refractivity contribution in [3.05, 3.63) is 29.8 Å². The Hall–Kier alpha value is -1.10. The summed E-state index contributed by atoms with van der Waals surface area (Å²) in [6.45, 7) is 1.91. The van der Waals surface area contributed by atoms with Gasteiger partial charge in [0.25, 0.3) is 5.92 Å². The average molecular weight is 246 g/mol. The average Bonchev–Trinajstić information content (AvgIpc) is 2.15. The van der Waals surface area contributed by atoms with Crippen LogP contribution in [0.15, 0.2) is 29.2 Å². The Bertz CT molecular complexity index is 363. The number of hydrogen-bond donors (Lipinski definition) is 1. The molecule has 0 bridgehead atoms. The van der Waals surface area contributed by atoms with E-state index in [-0.39, 0.29) is 0 Å². The minimum Gasteiger partial charge on any atom is -0.481 e. The molecule has 0 amide bonds. The first kappa shape index (κ1) is 13.0. The monoisotopic (exact) mass is 246 g/mol. The molecule has 16 heavy (non-hydrogen) atoms. The van der Waals surface area contributed by atoms with Crippen molar-refractivity contribution < 1.29 is 18.7 Å². The fraction of sp³-hybridized carbons (Fsp3) is 0.364. The van der Waals surface area contributed by atoms with Crippen LogP contribution in [-0.2, 0) is 4.79 Å². The molecule has 2 nitrogen and oxygen atoms in total. The van der Waals surface area contributed by atoms with Gasteiger partial charge in [-0.25, -0.2) is 8.78 Å². The van der Waals surface area contributed by atoms with Crippen LogP contribution >= 0.6 is 11.8 Å². The van der Waals surface area contributed by atoms with E-state index >= 15 is 0 Å². The van der Waals surface area contributed by atoms with Crippen LogP contribution in [0.25, 0.3) is 0 Å². The van der Waals surface area contributed by atoms with Crippen LogP contribution in [-0.4, -0.2) is 22.8 Å². The first-order valence-electron chi connectivity index (χ1n) is 4.68. The van der Waals surface area contributed by atoms with E-state index in [2.05, 4.69) is 0 Å². The Labute approximate surface area is 96.7 Å². The Morgan fingerprint density at radius 2 is 1.94 bits per heavy atom. The standard InChI is InChI=1S/C11H12F2O2S/c1-8-2-4-9(5-3-8)16-7-11(12,13)6-10(14)15/h2-5H,6-7H2,1H3,(H,14,15). The zero-order valence-corrected chi connectivity index (χ0v) is 9.56. The summed E-state index contributed by atoms with van der Waals surface area (Å²) in [5.41, 5.74) is 1.06. The Kier molecular flexibility index (Phi) is 4.29. The maximum absolute atomic E-state index is 13.0. The molecule has 88 valence electrons. The SMILES string of the molecule is Cc1ccc(SCC(F)(F)CC(=O)O)cc1. The summed E-state index contributed by atoms with van der Waals surface area (Å²) >= 11 is 0.965. The zero-order chi connectivity index (χ0) is 12.2. The number of thioether (sulfide) groups is 1. The van der Waals surface area contributed by atoms with Crippen molar-refractivity contribution in [3.8, 4) is 0 Å². The minimum absolute atomic E-state index is 0.512. The van der Waals surface area contributed by atoms with E-state index < -0.39 is 24.1 Å². The van der Waals surface area contributed by atoms with Crippen LogP contribution < -0.4 is 0 Å². The van der Waals surface area contributed by atoms with E-state index in [0.717, 1.165) is 22.2 Å². The summed E-state index contributed by atoms with van der Waals surface area (Å²) in [7, 11) is 0. The number of carboxylic acid groups (broad SMARTS) is 1. The number of carboxylic acids is 1. The topological polar surface area (TPSA) is 37.3 Å². The van der Waals surface area contributed by atoms with Crippen molar-refractivity contribution in [2.75, 3.05) is 5.75 Å². The lowest BCUT2D eigenvalue weighted by atomic mass is 10.2. The number of aryl methyl sites for hydroxylation is 1. The van der Waals surface area contributed by atoms with Crippen LogP contribution in [0, 0.1) is 6.92 Å². The fourth-order valence-electron chi connectivity index (χ4n) is 1.10. The molecule has 1 aromatic carbocycles. The molecule has 0 unspecified atom stereocenters. The van der Waals surface area contributed by atoms with Gasteiger partial charge in [-0.2, -0.15) is 0 Å². The van der Waals surface area contributed by atoms with Crippen molar-refractivity contribution in [1.82, 2.24) is 0 Å². The zero-order valence-electron chi connectivity index (χ0n) is 8.74. The van der Waals surface area contributed by atoms with E-state index in [1.165, 1.54) is 0 Å². The lowest BCUT2D eigenvalue weighted by molar-refractivity contribution is -0.143. The van der Waals surface area contributed by atoms with Crippen molar-refractivity contribution in [3.63, 3.8) is 0 Å². The molecule has 1 rings (SSSR count). The maximum atomic E-state index is 13.0. The van der Waals surface area contributed by atoms with Gasteiger partial charge in [-0.05, 0) is 19.1 Å². The molecule has 0 heterocycles. The molecular weight excluding hydrogens is 234 g/mol.